The SMILES string of the molecule is O=C(Nc1cccc(Cl)c1)c1c(-c2ccc(Br)cc2)c2c3n(c(CNc4ccc(F)cc4)nn13)CCCC2. The van der Waals surface area contributed by atoms with Gasteiger partial charge in [-0.15, -0.1) is 0 Å². The van der Waals surface area contributed by atoms with Gasteiger partial charge in [0.05, 0.1) is 6.54 Å². The minimum Gasteiger partial charge on any atom is -0.378 e. The molecule has 1 aliphatic rings. The Hall–Kier alpha value is -3.62. The Balaban J connectivity index is 1.49. The molecule has 2 aromatic heterocycles. The van der Waals surface area contributed by atoms with Crippen molar-refractivity contribution >= 4 is 50.5 Å². The van der Waals surface area contributed by atoms with Crippen molar-refractivity contribution in [2.45, 2.75) is 32.4 Å². The number of aryl methyl sites for hydroxylation is 2. The summed E-state index contributed by atoms with van der Waals surface area (Å²) in [5, 5.41) is 11.9. The van der Waals surface area contributed by atoms with Crippen molar-refractivity contribution in [3.63, 3.8) is 0 Å². The van der Waals surface area contributed by atoms with Crippen molar-refractivity contribution in [2.24, 2.45) is 0 Å². The molecule has 1 aliphatic heterocycles. The molecule has 5 aromatic rings. The summed E-state index contributed by atoms with van der Waals surface area (Å²) in [6, 6.07) is 21.4. The predicted octanol–water partition coefficient (Wildman–Crippen LogP) is 7.56. The highest BCUT2D eigenvalue weighted by atomic mass is 79.9. The molecule has 38 heavy (non-hydrogen) atoms. The second-order valence-corrected chi connectivity index (χ2v) is 10.6. The van der Waals surface area contributed by atoms with Crippen LogP contribution in [0.1, 0.15) is 34.7 Å². The van der Waals surface area contributed by atoms with Crippen LogP contribution in [0.2, 0.25) is 5.02 Å². The van der Waals surface area contributed by atoms with E-state index in [0.717, 1.165) is 64.1 Å². The standard InChI is InChI=1S/C29H24BrClFN5O/c30-19-9-7-18(8-10-19)26-24-6-1-2-15-36-25(17-33-22-13-11-21(32)12-14-22)35-37(29(24)36)27(26)28(38)34-23-5-3-4-20(31)16-23/h3-5,7-14,16,33H,1-2,6,15,17H2,(H,34,38). The first kappa shape index (κ1) is 24.7. The number of anilines is 2. The lowest BCUT2D eigenvalue weighted by Gasteiger charge is -2.10. The van der Waals surface area contributed by atoms with E-state index in [1.165, 1.54) is 12.1 Å². The van der Waals surface area contributed by atoms with Crippen molar-refractivity contribution in [1.82, 2.24) is 14.2 Å². The number of halogens is 3. The smallest absolute Gasteiger partial charge is 0.275 e. The zero-order chi connectivity index (χ0) is 26.2. The normalized spacial score (nSPS) is 12.9. The maximum atomic E-state index is 13.9. The van der Waals surface area contributed by atoms with Gasteiger partial charge in [0.1, 0.15) is 17.2 Å². The number of benzene rings is 3. The maximum Gasteiger partial charge on any atom is 0.275 e. The van der Waals surface area contributed by atoms with Crippen LogP contribution in [0.5, 0.6) is 0 Å². The van der Waals surface area contributed by atoms with Gasteiger partial charge in [0.2, 0.25) is 0 Å². The second kappa shape index (κ2) is 10.3. The number of nitrogens with one attached hydrogen (secondary N) is 2. The van der Waals surface area contributed by atoms with E-state index in [4.69, 9.17) is 16.7 Å². The minimum absolute atomic E-state index is 0.255. The lowest BCUT2D eigenvalue weighted by Crippen LogP contribution is -2.16. The van der Waals surface area contributed by atoms with Gasteiger partial charge in [0.25, 0.3) is 5.91 Å². The van der Waals surface area contributed by atoms with Crippen molar-refractivity contribution in [1.29, 1.82) is 0 Å². The van der Waals surface area contributed by atoms with Gasteiger partial charge in [-0.2, -0.15) is 5.10 Å². The molecular weight excluding hydrogens is 569 g/mol. The molecule has 192 valence electrons. The molecule has 6 nitrogen and oxygen atoms in total. The summed E-state index contributed by atoms with van der Waals surface area (Å²) in [6.07, 6.45) is 2.86. The number of hydrogen-bond acceptors (Lipinski definition) is 3. The van der Waals surface area contributed by atoms with E-state index >= 15 is 0 Å². The fourth-order valence-corrected chi connectivity index (χ4v) is 5.53. The number of carbonyl (C=O) groups is 1. The van der Waals surface area contributed by atoms with Crippen LogP contribution in [-0.2, 0) is 19.5 Å². The van der Waals surface area contributed by atoms with E-state index in [0.29, 0.717) is 22.9 Å². The average molecular weight is 593 g/mol. The highest BCUT2D eigenvalue weighted by Gasteiger charge is 2.30. The van der Waals surface area contributed by atoms with E-state index in [-0.39, 0.29) is 11.7 Å². The van der Waals surface area contributed by atoms with Crippen LogP contribution >= 0.6 is 27.5 Å². The Kier molecular flexibility index (Phi) is 6.68. The lowest BCUT2D eigenvalue weighted by atomic mass is 9.98. The third kappa shape index (κ3) is 4.70. The van der Waals surface area contributed by atoms with Gasteiger partial charge in [-0.3, -0.25) is 4.79 Å². The summed E-state index contributed by atoms with van der Waals surface area (Å²) >= 11 is 9.70. The Morgan fingerprint density at radius 1 is 1.03 bits per heavy atom. The Morgan fingerprint density at radius 2 is 1.82 bits per heavy atom. The maximum absolute atomic E-state index is 13.9. The van der Waals surface area contributed by atoms with Gasteiger partial charge >= 0.3 is 0 Å². The fourth-order valence-electron chi connectivity index (χ4n) is 5.08. The largest absolute Gasteiger partial charge is 0.378 e. The third-order valence-electron chi connectivity index (χ3n) is 6.79. The summed E-state index contributed by atoms with van der Waals surface area (Å²) in [5.41, 5.74) is 5.81. The summed E-state index contributed by atoms with van der Waals surface area (Å²) in [4.78, 5) is 13.9. The fraction of sp³-hybridized carbons (Fsp3) is 0.172. The van der Waals surface area contributed by atoms with Crippen LogP contribution in [0, 0.1) is 5.82 Å². The quantitative estimate of drug-likeness (QED) is 0.214. The molecule has 2 N–H and O–H groups in total. The number of amides is 1. The van der Waals surface area contributed by atoms with E-state index in [1.54, 1.807) is 34.8 Å². The van der Waals surface area contributed by atoms with Crippen LogP contribution in [-0.4, -0.2) is 20.1 Å². The van der Waals surface area contributed by atoms with E-state index < -0.39 is 0 Å². The topological polar surface area (TPSA) is 63.4 Å². The number of rotatable bonds is 6. The molecule has 6 rings (SSSR count). The number of carbonyl (C=O) groups excluding carboxylic acids is 1. The first-order valence-electron chi connectivity index (χ1n) is 12.4. The summed E-state index contributed by atoms with van der Waals surface area (Å²) in [5.74, 6) is 0.277. The zero-order valence-corrected chi connectivity index (χ0v) is 22.7. The molecule has 0 aliphatic carbocycles. The summed E-state index contributed by atoms with van der Waals surface area (Å²) < 4.78 is 18.3. The molecule has 0 saturated heterocycles. The number of aromatic nitrogens is 3. The van der Waals surface area contributed by atoms with Gasteiger partial charge in [-0.1, -0.05) is 45.7 Å². The molecular formula is C29H24BrClFN5O. The Labute approximate surface area is 232 Å². The van der Waals surface area contributed by atoms with E-state index in [2.05, 4.69) is 31.1 Å². The Bertz CT molecular complexity index is 1640. The molecule has 0 fully saturated rings. The summed E-state index contributed by atoms with van der Waals surface area (Å²) in [7, 11) is 0. The third-order valence-corrected chi connectivity index (χ3v) is 7.55. The average Bonchev–Trinajstić information content (AvgIpc) is 3.30. The highest BCUT2D eigenvalue weighted by molar-refractivity contribution is 9.10. The van der Waals surface area contributed by atoms with E-state index in [1.807, 2.05) is 30.3 Å². The molecule has 3 heterocycles. The van der Waals surface area contributed by atoms with Crippen LogP contribution in [0.25, 0.3) is 16.8 Å². The first-order valence-corrected chi connectivity index (χ1v) is 13.6. The molecule has 0 saturated carbocycles. The van der Waals surface area contributed by atoms with Crippen LogP contribution in [0.4, 0.5) is 15.8 Å². The Morgan fingerprint density at radius 3 is 2.58 bits per heavy atom. The van der Waals surface area contributed by atoms with Crippen molar-refractivity contribution in [2.75, 3.05) is 10.6 Å². The van der Waals surface area contributed by atoms with Crippen molar-refractivity contribution < 1.29 is 9.18 Å². The van der Waals surface area contributed by atoms with Gasteiger partial charge in [-0.25, -0.2) is 8.91 Å². The van der Waals surface area contributed by atoms with Crippen molar-refractivity contribution in [3.8, 4) is 11.1 Å². The predicted molar refractivity (Wildman–Crippen MR) is 152 cm³/mol. The number of hydrogen-bond donors (Lipinski definition) is 2. The monoisotopic (exact) mass is 591 g/mol. The molecule has 0 unspecified atom stereocenters. The van der Waals surface area contributed by atoms with Crippen LogP contribution < -0.4 is 10.6 Å². The number of nitrogens with zero attached hydrogens (tertiary/aromatic N) is 3. The van der Waals surface area contributed by atoms with Crippen LogP contribution in [0.3, 0.4) is 0 Å². The zero-order valence-electron chi connectivity index (χ0n) is 20.3. The van der Waals surface area contributed by atoms with E-state index in [9.17, 15) is 9.18 Å². The minimum atomic E-state index is -0.280. The lowest BCUT2D eigenvalue weighted by molar-refractivity contribution is 0.102. The molecule has 0 spiro atoms. The van der Waals surface area contributed by atoms with Gasteiger partial charge < -0.3 is 15.2 Å². The van der Waals surface area contributed by atoms with Gasteiger partial charge in [0.15, 0.2) is 5.82 Å². The highest BCUT2D eigenvalue weighted by Crippen LogP contribution is 2.37. The molecule has 1 amide bonds. The second-order valence-electron chi connectivity index (χ2n) is 9.29. The van der Waals surface area contributed by atoms with Crippen LogP contribution in [0.15, 0.2) is 77.3 Å². The van der Waals surface area contributed by atoms with Gasteiger partial charge in [-0.05, 0) is 79.4 Å². The first-order chi connectivity index (χ1) is 18.5. The van der Waals surface area contributed by atoms with Gasteiger partial charge in [0, 0.05) is 38.5 Å². The molecule has 0 radical (unpaired) electrons. The van der Waals surface area contributed by atoms with Crippen molar-refractivity contribution in [3.05, 3.63) is 105 Å². The molecule has 9 heteroatoms. The summed E-state index contributed by atoms with van der Waals surface area (Å²) in [6.45, 7) is 1.24. The molecule has 3 aromatic carbocycles. The molecule has 0 bridgehead atoms. The molecule has 0 atom stereocenters.